The highest BCUT2D eigenvalue weighted by atomic mass is 16.5. The number of benzene rings is 3. The number of aromatic hydroxyl groups is 2. The van der Waals surface area contributed by atoms with Gasteiger partial charge in [0.15, 0.2) is 0 Å². The van der Waals surface area contributed by atoms with E-state index in [0.717, 1.165) is 0 Å². The van der Waals surface area contributed by atoms with E-state index in [1.165, 1.54) is 26.6 Å². The molecular formula is C22H20N2O4. The molecule has 6 nitrogen and oxygen atoms in total. The molecule has 0 heterocycles. The van der Waals surface area contributed by atoms with Crippen molar-refractivity contribution in [2.24, 2.45) is 9.98 Å². The van der Waals surface area contributed by atoms with E-state index >= 15 is 0 Å². The van der Waals surface area contributed by atoms with Gasteiger partial charge in [0.25, 0.3) is 0 Å². The Kier molecular flexibility index (Phi) is 5.91. The summed E-state index contributed by atoms with van der Waals surface area (Å²) in [6.07, 6.45) is 3.06. The Hall–Kier alpha value is -3.80. The summed E-state index contributed by atoms with van der Waals surface area (Å²) in [5, 5.41) is 20.1. The van der Waals surface area contributed by atoms with Crippen LogP contribution in [0.3, 0.4) is 0 Å². The Balaban J connectivity index is 1.95. The van der Waals surface area contributed by atoms with Crippen LogP contribution in [0.25, 0.3) is 0 Å². The second-order valence-electron chi connectivity index (χ2n) is 5.79. The van der Waals surface area contributed by atoms with E-state index in [4.69, 9.17) is 9.47 Å². The number of ether oxygens (including phenoxy) is 2. The zero-order valence-corrected chi connectivity index (χ0v) is 15.5. The third-order valence-electron chi connectivity index (χ3n) is 4.07. The monoisotopic (exact) mass is 376 g/mol. The molecule has 0 aliphatic heterocycles. The van der Waals surface area contributed by atoms with E-state index in [0.29, 0.717) is 34.0 Å². The molecule has 0 amide bonds. The molecule has 0 aliphatic carbocycles. The highest BCUT2D eigenvalue weighted by molar-refractivity contribution is 5.92. The summed E-state index contributed by atoms with van der Waals surface area (Å²) in [5.74, 6) is 1.18. The van der Waals surface area contributed by atoms with Gasteiger partial charge in [-0.2, -0.15) is 0 Å². The topological polar surface area (TPSA) is 83.6 Å². The summed E-state index contributed by atoms with van der Waals surface area (Å²) >= 11 is 0. The maximum atomic E-state index is 10.1. The van der Waals surface area contributed by atoms with Crippen molar-refractivity contribution in [3.63, 3.8) is 0 Å². The molecule has 0 bridgehead atoms. The predicted molar refractivity (Wildman–Crippen MR) is 110 cm³/mol. The van der Waals surface area contributed by atoms with Gasteiger partial charge < -0.3 is 19.7 Å². The van der Waals surface area contributed by atoms with E-state index in [1.54, 1.807) is 48.5 Å². The minimum absolute atomic E-state index is 0.0722. The van der Waals surface area contributed by atoms with Crippen LogP contribution in [0.5, 0.6) is 23.0 Å². The number of methoxy groups -OCH3 is 2. The molecule has 28 heavy (non-hydrogen) atoms. The summed E-state index contributed by atoms with van der Waals surface area (Å²) in [6, 6.07) is 17.3. The molecule has 0 spiro atoms. The van der Waals surface area contributed by atoms with Gasteiger partial charge in [-0.1, -0.05) is 24.3 Å². The Morgan fingerprint density at radius 3 is 1.46 bits per heavy atom. The molecule has 0 unspecified atom stereocenters. The Morgan fingerprint density at radius 2 is 1.07 bits per heavy atom. The van der Waals surface area contributed by atoms with Gasteiger partial charge in [0.1, 0.15) is 23.0 Å². The first-order valence-corrected chi connectivity index (χ1v) is 8.53. The number of para-hydroxylation sites is 2. The van der Waals surface area contributed by atoms with Crippen molar-refractivity contribution in [1.82, 2.24) is 0 Å². The van der Waals surface area contributed by atoms with Gasteiger partial charge in [-0.3, -0.25) is 9.98 Å². The van der Waals surface area contributed by atoms with Crippen molar-refractivity contribution in [3.8, 4) is 23.0 Å². The van der Waals surface area contributed by atoms with E-state index < -0.39 is 0 Å². The summed E-state index contributed by atoms with van der Waals surface area (Å²) < 4.78 is 10.5. The number of hydrogen-bond donors (Lipinski definition) is 2. The lowest BCUT2D eigenvalue weighted by molar-refractivity contribution is 0.406. The van der Waals surface area contributed by atoms with Crippen LogP contribution in [0.4, 0.5) is 11.4 Å². The minimum Gasteiger partial charge on any atom is -0.507 e. The van der Waals surface area contributed by atoms with Crippen molar-refractivity contribution in [3.05, 3.63) is 71.8 Å². The largest absolute Gasteiger partial charge is 0.507 e. The number of nitrogens with zero attached hydrogens (tertiary/aromatic N) is 2. The lowest BCUT2D eigenvalue weighted by Crippen LogP contribution is -1.91. The molecule has 0 fully saturated rings. The van der Waals surface area contributed by atoms with E-state index in [1.807, 2.05) is 12.1 Å². The smallest absolute Gasteiger partial charge is 0.131 e. The van der Waals surface area contributed by atoms with E-state index in [2.05, 4.69) is 9.98 Å². The average Bonchev–Trinajstić information content (AvgIpc) is 2.72. The summed E-state index contributed by atoms with van der Waals surface area (Å²) in [7, 11) is 3.06. The predicted octanol–water partition coefficient (Wildman–Crippen LogP) is 4.62. The van der Waals surface area contributed by atoms with Crippen molar-refractivity contribution < 1.29 is 19.7 Å². The first kappa shape index (κ1) is 19.0. The number of phenols is 2. The van der Waals surface area contributed by atoms with Crippen molar-refractivity contribution >= 4 is 23.8 Å². The second-order valence-corrected chi connectivity index (χ2v) is 5.79. The van der Waals surface area contributed by atoms with Gasteiger partial charge in [-0.15, -0.1) is 0 Å². The molecule has 3 aromatic rings. The van der Waals surface area contributed by atoms with Crippen LogP contribution < -0.4 is 9.47 Å². The van der Waals surface area contributed by atoms with Crippen LogP contribution in [-0.4, -0.2) is 36.9 Å². The normalized spacial score (nSPS) is 11.2. The van der Waals surface area contributed by atoms with Gasteiger partial charge in [0.05, 0.1) is 36.7 Å². The zero-order valence-electron chi connectivity index (χ0n) is 15.5. The van der Waals surface area contributed by atoms with E-state index in [-0.39, 0.29) is 11.5 Å². The van der Waals surface area contributed by atoms with Crippen molar-refractivity contribution in [1.29, 1.82) is 0 Å². The molecule has 0 saturated carbocycles. The van der Waals surface area contributed by atoms with Crippen LogP contribution in [0.2, 0.25) is 0 Å². The highest BCUT2D eigenvalue weighted by Gasteiger charge is 2.08. The lowest BCUT2D eigenvalue weighted by Gasteiger charge is -2.07. The molecule has 3 rings (SSSR count). The fraction of sp³-hybridized carbons (Fsp3) is 0.0909. The third kappa shape index (κ3) is 4.12. The highest BCUT2D eigenvalue weighted by Crippen LogP contribution is 2.31. The van der Waals surface area contributed by atoms with Gasteiger partial charge in [-0.05, 0) is 36.4 Å². The number of aliphatic imine (C=N–C) groups is 2. The molecule has 0 radical (unpaired) electrons. The Bertz CT molecular complexity index is 946. The van der Waals surface area contributed by atoms with Gasteiger partial charge in [-0.25, -0.2) is 0 Å². The maximum absolute atomic E-state index is 10.1. The second kappa shape index (κ2) is 8.73. The van der Waals surface area contributed by atoms with Gasteiger partial charge in [0.2, 0.25) is 0 Å². The molecular weight excluding hydrogens is 356 g/mol. The molecule has 2 N–H and O–H groups in total. The van der Waals surface area contributed by atoms with Gasteiger partial charge >= 0.3 is 0 Å². The summed E-state index contributed by atoms with van der Waals surface area (Å²) in [4.78, 5) is 8.90. The SMILES string of the molecule is COc1cccc(O)c1C=Nc1ccccc1N=Cc1c(O)cccc1OC. The Labute approximate surface area is 163 Å². The van der Waals surface area contributed by atoms with Crippen LogP contribution >= 0.6 is 0 Å². The maximum Gasteiger partial charge on any atom is 0.131 e. The minimum atomic E-state index is 0.0722. The molecule has 0 atom stereocenters. The summed E-state index contributed by atoms with van der Waals surface area (Å²) in [6.45, 7) is 0. The van der Waals surface area contributed by atoms with E-state index in [9.17, 15) is 10.2 Å². The first-order chi connectivity index (χ1) is 13.6. The summed E-state index contributed by atoms with van der Waals surface area (Å²) in [5.41, 5.74) is 2.15. The number of rotatable bonds is 6. The molecule has 3 aromatic carbocycles. The molecule has 6 heteroatoms. The standard InChI is InChI=1S/C22H20N2O4/c1-27-21-11-5-9-19(25)15(21)13-23-17-7-3-4-8-18(17)24-14-16-20(26)10-6-12-22(16)28-2/h3-14,25-26H,1-2H3. The number of phenolic OH excluding ortho intramolecular Hbond substituents is 2. The fourth-order valence-corrected chi connectivity index (χ4v) is 2.63. The lowest BCUT2D eigenvalue weighted by atomic mass is 10.2. The number of hydrogen-bond acceptors (Lipinski definition) is 6. The van der Waals surface area contributed by atoms with Gasteiger partial charge in [0, 0.05) is 12.4 Å². The quantitative estimate of drug-likeness (QED) is 0.615. The van der Waals surface area contributed by atoms with Crippen LogP contribution in [0.1, 0.15) is 11.1 Å². The van der Waals surface area contributed by atoms with Crippen LogP contribution in [0, 0.1) is 0 Å². The molecule has 142 valence electrons. The van der Waals surface area contributed by atoms with Crippen LogP contribution in [-0.2, 0) is 0 Å². The third-order valence-corrected chi connectivity index (χ3v) is 4.07. The van der Waals surface area contributed by atoms with Crippen molar-refractivity contribution in [2.45, 2.75) is 0 Å². The molecule has 0 saturated heterocycles. The zero-order chi connectivity index (χ0) is 19.9. The fourth-order valence-electron chi connectivity index (χ4n) is 2.63. The van der Waals surface area contributed by atoms with Crippen molar-refractivity contribution in [2.75, 3.05) is 14.2 Å². The molecule has 0 aliphatic rings. The molecule has 0 aromatic heterocycles. The Morgan fingerprint density at radius 1 is 0.643 bits per heavy atom. The average molecular weight is 376 g/mol. The van der Waals surface area contributed by atoms with Crippen LogP contribution in [0.15, 0.2) is 70.6 Å². The first-order valence-electron chi connectivity index (χ1n) is 8.53.